The van der Waals surface area contributed by atoms with Crippen LogP contribution in [0.2, 0.25) is 0 Å². The van der Waals surface area contributed by atoms with Gasteiger partial charge in [-0.15, -0.1) is 0 Å². The van der Waals surface area contributed by atoms with Gasteiger partial charge >= 0.3 is 0 Å². The van der Waals surface area contributed by atoms with Crippen LogP contribution in [0.25, 0.3) is 0 Å². The van der Waals surface area contributed by atoms with Crippen molar-refractivity contribution in [3.8, 4) is 11.8 Å². The van der Waals surface area contributed by atoms with Crippen LogP contribution in [0.15, 0.2) is 30.7 Å². The molecule has 5 heteroatoms. The van der Waals surface area contributed by atoms with Crippen LogP contribution in [-0.2, 0) is 6.54 Å². The summed E-state index contributed by atoms with van der Waals surface area (Å²) < 4.78 is 0. The van der Waals surface area contributed by atoms with Crippen LogP contribution in [0.5, 0.6) is 0 Å². The van der Waals surface area contributed by atoms with E-state index in [0.717, 1.165) is 16.8 Å². The lowest BCUT2D eigenvalue weighted by Gasteiger charge is -2.06. The number of amides is 1. The lowest BCUT2D eigenvalue weighted by molar-refractivity contribution is 0.0950. The molecule has 0 radical (unpaired) electrons. The highest BCUT2D eigenvalue weighted by Crippen LogP contribution is 2.10. The van der Waals surface area contributed by atoms with Crippen LogP contribution in [-0.4, -0.2) is 27.6 Å². The summed E-state index contributed by atoms with van der Waals surface area (Å²) in [5.74, 6) is 5.72. The predicted molar refractivity (Wildman–Crippen MR) is 79.5 cm³/mol. The minimum absolute atomic E-state index is 0.0557. The van der Waals surface area contributed by atoms with Crippen molar-refractivity contribution in [3.63, 3.8) is 0 Å². The Morgan fingerprint density at radius 2 is 2.33 bits per heavy atom. The first-order valence-corrected chi connectivity index (χ1v) is 6.66. The first-order chi connectivity index (χ1) is 10.2. The average Bonchev–Trinajstić information content (AvgIpc) is 3.00. The number of carbonyl (C=O) groups is 1. The molecule has 0 spiro atoms. The number of nitrogens with zero attached hydrogens (tertiary/aromatic N) is 1. The normalized spacial score (nSPS) is 9.81. The largest absolute Gasteiger partial charge is 0.395 e. The van der Waals surface area contributed by atoms with Crippen LogP contribution in [0, 0.1) is 18.8 Å². The third kappa shape index (κ3) is 4.20. The van der Waals surface area contributed by atoms with Crippen LogP contribution < -0.4 is 5.32 Å². The second kappa shape index (κ2) is 7.27. The second-order valence-electron chi connectivity index (χ2n) is 4.56. The van der Waals surface area contributed by atoms with Gasteiger partial charge in [0.1, 0.15) is 0 Å². The number of aliphatic hydroxyl groups is 1. The van der Waals surface area contributed by atoms with Crippen molar-refractivity contribution >= 4 is 5.91 Å². The molecule has 0 atom stereocenters. The molecule has 0 fully saturated rings. The number of H-pyrrole nitrogens is 1. The van der Waals surface area contributed by atoms with Gasteiger partial charge < -0.3 is 15.4 Å². The van der Waals surface area contributed by atoms with Crippen molar-refractivity contribution in [2.24, 2.45) is 0 Å². The summed E-state index contributed by atoms with van der Waals surface area (Å²) in [6.45, 7) is 2.38. The van der Waals surface area contributed by atoms with Crippen molar-refractivity contribution in [2.75, 3.05) is 6.61 Å². The standard InChI is InChI=1S/C16H17N3O2/c1-12-8-14(6-5-13(12)4-2-3-7-20)16(21)18-10-15-9-17-11-19-15/h5-6,8-9,11,20H,3,7,10H2,1H3,(H,17,19)(H,18,21). The lowest BCUT2D eigenvalue weighted by atomic mass is 10.0. The molecule has 0 aliphatic carbocycles. The van der Waals surface area contributed by atoms with Gasteiger partial charge in [0.25, 0.3) is 5.91 Å². The maximum atomic E-state index is 12.0. The van der Waals surface area contributed by atoms with Gasteiger partial charge in [0.2, 0.25) is 0 Å². The van der Waals surface area contributed by atoms with Crippen molar-refractivity contribution in [3.05, 3.63) is 53.1 Å². The summed E-state index contributed by atoms with van der Waals surface area (Å²) >= 11 is 0. The van der Waals surface area contributed by atoms with Gasteiger partial charge in [-0.3, -0.25) is 4.79 Å². The van der Waals surface area contributed by atoms with Crippen molar-refractivity contribution in [2.45, 2.75) is 19.9 Å². The summed E-state index contributed by atoms with van der Waals surface area (Å²) in [5, 5.41) is 11.5. The molecule has 3 N–H and O–H groups in total. The van der Waals surface area contributed by atoms with E-state index in [1.807, 2.05) is 19.1 Å². The van der Waals surface area contributed by atoms with Crippen molar-refractivity contribution < 1.29 is 9.90 Å². The summed E-state index contributed by atoms with van der Waals surface area (Å²) in [5.41, 5.74) is 3.26. The first-order valence-electron chi connectivity index (χ1n) is 6.66. The fraction of sp³-hybridized carbons (Fsp3) is 0.250. The molecule has 1 aromatic heterocycles. The predicted octanol–water partition coefficient (Wildman–Crippen LogP) is 1.38. The maximum absolute atomic E-state index is 12.0. The molecule has 0 saturated heterocycles. The number of hydrogen-bond acceptors (Lipinski definition) is 3. The number of benzene rings is 1. The molecule has 0 saturated carbocycles. The van der Waals surface area contributed by atoms with Crippen LogP contribution in [0.3, 0.4) is 0 Å². The Bertz CT molecular complexity index is 667. The van der Waals surface area contributed by atoms with Gasteiger partial charge in [-0.05, 0) is 30.7 Å². The van der Waals surface area contributed by atoms with Gasteiger partial charge in [-0.25, -0.2) is 4.98 Å². The van der Waals surface area contributed by atoms with E-state index in [0.29, 0.717) is 18.5 Å². The molecule has 0 aliphatic rings. The van der Waals surface area contributed by atoms with Gasteiger partial charge in [-0.2, -0.15) is 0 Å². The molecular weight excluding hydrogens is 266 g/mol. The molecule has 5 nitrogen and oxygen atoms in total. The van der Waals surface area contributed by atoms with E-state index < -0.39 is 0 Å². The summed E-state index contributed by atoms with van der Waals surface area (Å²) in [6.07, 6.45) is 3.70. The number of imidazole rings is 1. The molecule has 1 heterocycles. The molecule has 0 unspecified atom stereocenters. The Labute approximate surface area is 123 Å². The van der Waals surface area contributed by atoms with Gasteiger partial charge in [-0.1, -0.05) is 11.8 Å². The fourth-order valence-electron chi connectivity index (χ4n) is 1.82. The summed E-state index contributed by atoms with van der Waals surface area (Å²) in [4.78, 5) is 18.9. The third-order valence-corrected chi connectivity index (χ3v) is 2.94. The highest BCUT2D eigenvalue weighted by Gasteiger charge is 2.07. The minimum Gasteiger partial charge on any atom is -0.395 e. The SMILES string of the molecule is Cc1cc(C(=O)NCc2cnc[nH]2)ccc1C#CCCO. The fourth-order valence-corrected chi connectivity index (χ4v) is 1.82. The third-order valence-electron chi connectivity index (χ3n) is 2.94. The molecule has 1 amide bonds. The second-order valence-corrected chi connectivity index (χ2v) is 4.56. The lowest BCUT2D eigenvalue weighted by Crippen LogP contribution is -2.23. The Morgan fingerprint density at radius 3 is 3.00 bits per heavy atom. The number of aliphatic hydroxyl groups excluding tert-OH is 1. The van der Waals surface area contributed by atoms with Crippen LogP contribution in [0.1, 0.15) is 33.6 Å². The van der Waals surface area contributed by atoms with Crippen LogP contribution >= 0.6 is 0 Å². The van der Waals surface area contributed by atoms with Crippen molar-refractivity contribution in [1.82, 2.24) is 15.3 Å². The molecule has 21 heavy (non-hydrogen) atoms. The molecule has 0 bridgehead atoms. The number of aromatic nitrogens is 2. The number of rotatable bonds is 4. The zero-order valence-electron chi connectivity index (χ0n) is 11.8. The quantitative estimate of drug-likeness (QED) is 0.742. The summed E-state index contributed by atoms with van der Waals surface area (Å²) in [7, 11) is 0. The topological polar surface area (TPSA) is 78.0 Å². The van der Waals surface area contributed by atoms with E-state index in [9.17, 15) is 4.79 Å². The zero-order valence-corrected chi connectivity index (χ0v) is 11.8. The molecule has 108 valence electrons. The smallest absolute Gasteiger partial charge is 0.251 e. The Hall–Kier alpha value is -2.58. The monoisotopic (exact) mass is 283 g/mol. The van der Waals surface area contributed by atoms with E-state index in [1.54, 1.807) is 18.6 Å². The van der Waals surface area contributed by atoms with E-state index in [-0.39, 0.29) is 12.5 Å². The van der Waals surface area contributed by atoms with Gasteiger partial charge in [0.05, 0.1) is 25.2 Å². The van der Waals surface area contributed by atoms with E-state index in [1.165, 1.54) is 0 Å². The zero-order chi connectivity index (χ0) is 15.1. The van der Waals surface area contributed by atoms with Crippen molar-refractivity contribution in [1.29, 1.82) is 0 Å². The Balaban J connectivity index is 2.02. The first kappa shape index (κ1) is 14.8. The number of aryl methyl sites for hydroxylation is 1. The molecular formula is C16H17N3O2. The Morgan fingerprint density at radius 1 is 1.48 bits per heavy atom. The van der Waals surface area contributed by atoms with E-state index >= 15 is 0 Å². The molecule has 0 aliphatic heterocycles. The molecule has 1 aromatic carbocycles. The van der Waals surface area contributed by atoms with Gasteiger partial charge in [0, 0.05) is 23.7 Å². The number of carbonyl (C=O) groups excluding carboxylic acids is 1. The number of nitrogens with one attached hydrogen (secondary N) is 2. The summed E-state index contributed by atoms with van der Waals surface area (Å²) in [6, 6.07) is 5.38. The molecule has 2 aromatic rings. The van der Waals surface area contributed by atoms with E-state index in [4.69, 9.17) is 5.11 Å². The highest BCUT2D eigenvalue weighted by atomic mass is 16.2. The number of aromatic amines is 1. The number of hydrogen-bond donors (Lipinski definition) is 3. The minimum atomic E-state index is -0.137. The van der Waals surface area contributed by atoms with E-state index in [2.05, 4.69) is 27.1 Å². The Kier molecular flexibility index (Phi) is 5.13. The molecule has 2 rings (SSSR count). The maximum Gasteiger partial charge on any atom is 0.251 e. The average molecular weight is 283 g/mol. The highest BCUT2D eigenvalue weighted by molar-refractivity contribution is 5.94. The van der Waals surface area contributed by atoms with Gasteiger partial charge in [0.15, 0.2) is 0 Å². The van der Waals surface area contributed by atoms with Crippen LogP contribution in [0.4, 0.5) is 0 Å².